The molecule has 0 aliphatic carbocycles. The number of nitriles is 1. The zero-order chi connectivity index (χ0) is 15.2. The van der Waals surface area contributed by atoms with Crippen LogP contribution in [0, 0.1) is 11.3 Å². The molecule has 2 rings (SSSR count). The lowest BCUT2D eigenvalue weighted by Crippen LogP contribution is -1.99. The van der Waals surface area contributed by atoms with E-state index in [-0.39, 0.29) is 0 Å². The fraction of sp³-hybridized carbons (Fsp3) is 0.133. The van der Waals surface area contributed by atoms with Gasteiger partial charge in [-0.25, -0.2) is 0 Å². The van der Waals surface area contributed by atoms with Crippen molar-refractivity contribution in [1.29, 1.82) is 5.26 Å². The molecule has 3 nitrogen and oxygen atoms in total. The molecule has 0 aliphatic rings. The summed E-state index contributed by atoms with van der Waals surface area (Å²) < 4.78 is 11.3. The van der Waals surface area contributed by atoms with E-state index in [4.69, 9.17) is 37.9 Å². The monoisotopic (exact) mass is 385 g/mol. The van der Waals surface area contributed by atoms with E-state index in [2.05, 4.69) is 15.9 Å². The van der Waals surface area contributed by atoms with Crippen LogP contribution < -0.4 is 9.47 Å². The van der Waals surface area contributed by atoms with Gasteiger partial charge in [-0.1, -0.05) is 39.1 Å². The van der Waals surface area contributed by atoms with Crippen LogP contribution in [0.15, 0.2) is 36.4 Å². The molecule has 0 radical (unpaired) electrons. The molecule has 0 aromatic heterocycles. The number of nitrogens with zero attached hydrogens (tertiary/aromatic N) is 1. The van der Waals surface area contributed by atoms with E-state index in [1.165, 1.54) is 0 Å². The van der Waals surface area contributed by atoms with E-state index in [0.29, 0.717) is 44.8 Å². The molecule has 21 heavy (non-hydrogen) atoms. The Hall–Kier alpha value is -1.41. The van der Waals surface area contributed by atoms with Crippen LogP contribution in [0.3, 0.4) is 0 Å². The number of rotatable bonds is 5. The lowest BCUT2D eigenvalue weighted by molar-refractivity contribution is 0.325. The van der Waals surface area contributed by atoms with Gasteiger partial charge in [0, 0.05) is 21.4 Å². The van der Waals surface area contributed by atoms with Crippen LogP contribution in [0.5, 0.6) is 17.2 Å². The lowest BCUT2D eigenvalue weighted by Gasteiger charge is -2.12. The van der Waals surface area contributed by atoms with Gasteiger partial charge in [0.15, 0.2) is 11.5 Å². The van der Waals surface area contributed by atoms with Crippen molar-refractivity contribution in [2.45, 2.75) is 0 Å². The largest absolute Gasteiger partial charge is 0.489 e. The van der Waals surface area contributed by atoms with Crippen molar-refractivity contribution >= 4 is 39.1 Å². The first-order valence-corrected chi connectivity index (χ1v) is 7.87. The summed E-state index contributed by atoms with van der Waals surface area (Å²) in [6.45, 7) is 0.497. The van der Waals surface area contributed by atoms with Crippen molar-refractivity contribution in [2.24, 2.45) is 0 Å². The molecule has 0 saturated heterocycles. The Morgan fingerprint density at radius 2 is 1.86 bits per heavy atom. The third-order valence-corrected chi connectivity index (χ3v) is 3.25. The van der Waals surface area contributed by atoms with Gasteiger partial charge in [0.05, 0.1) is 18.2 Å². The summed E-state index contributed by atoms with van der Waals surface area (Å²) in [5, 5.41) is 10.6. The predicted octanol–water partition coefficient (Wildman–Crippen LogP) is 5.43. The van der Waals surface area contributed by atoms with Crippen molar-refractivity contribution < 1.29 is 9.47 Å². The number of hydrogen-bond donors (Lipinski definition) is 0. The number of halogens is 3. The molecule has 0 spiro atoms. The van der Waals surface area contributed by atoms with Crippen LogP contribution in [0.2, 0.25) is 10.0 Å². The molecule has 0 unspecified atom stereocenters. The summed E-state index contributed by atoms with van der Waals surface area (Å²) in [4.78, 5) is 0. The summed E-state index contributed by atoms with van der Waals surface area (Å²) in [5.74, 6) is 1.48. The van der Waals surface area contributed by atoms with E-state index >= 15 is 0 Å². The molecule has 0 heterocycles. The van der Waals surface area contributed by atoms with E-state index < -0.39 is 0 Å². The SMILES string of the molecule is N#Cc1cc(Cl)cc(Oc2cc(Cl)ccc2OCCBr)c1. The van der Waals surface area contributed by atoms with Gasteiger partial charge < -0.3 is 9.47 Å². The smallest absolute Gasteiger partial charge is 0.170 e. The highest BCUT2D eigenvalue weighted by Crippen LogP contribution is 2.35. The van der Waals surface area contributed by atoms with E-state index in [1.54, 1.807) is 36.4 Å². The fourth-order valence-electron chi connectivity index (χ4n) is 1.64. The minimum Gasteiger partial charge on any atom is -0.489 e. The summed E-state index contributed by atoms with van der Waals surface area (Å²) in [6.07, 6.45) is 0. The first kappa shape index (κ1) is 16.0. The second-order valence-corrected chi connectivity index (χ2v) is 5.68. The topological polar surface area (TPSA) is 42.2 Å². The zero-order valence-corrected chi connectivity index (χ0v) is 13.9. The zero-order valence-electron chi connectivity index (χ0n) is 10.8. The fourth-order valence-corrected chi connectivity index (χ4v) is 2.19. The van der Waals surface area contributed by atoms with E-state index in [0.717, 1.165) is 0 Å². The van der Waals surface area contributed by atoms with Crippen LogP contribution in [-0.4, -0.2) is 11.9 Å². The first-order valence-electron chi connectivity index (χ1n) is 5.99. The Labute approximate surface area is 141 Å². The van der Waals surface area contributed by atoms with Gasteiger partial charge in [0.2, 0.25) is 0 Å². The maximum atomic E-state index is 8.95. The molecule has 0 bridgehead atoms. The molecule has 0 saturated carbocycles. The minimum absolute atomic E-state index is 0.419. The molecular weight excluding hydrogens is 377 g/mol. The summed E-state index contributed by atoms with van der Waals surface area (Å²) in [6, 6.07) is 11.9. The highest BCUT2D eigenvalue weighted by atomic mass is 79.9. The van der Waals surface area contributed by atoms with Crippen molar-refractivity contribution in [3.8, 4) is 23.3 Å². The quantitative estimate of drug-likeness (QED) is 0.643. The first-order chi connectivity index (χ1) is 10.1. The summed E-state index contributed by atoms with van der Waals surface area (Å²) in [7, 11) is 0. The molecule has 0 N–H and O–H groups in total. The Bertz CT molecular complexity index is 686. The predicted molar refractivity (Wildman–Crippen MR) is 87.0 cm³/mol. The summed E-state index contributed by atoms with van der Waals surface area (Å²) in [5.41, 5.74) is 0.419. The number of hydrogen-bond acceptors (Lipinski definition) is 3. The van der Waals surface area contributed by atoms with E-state index in [9.17, 15) is 0 Å². The van der Waals surface area contributed by atoms with Crippen molar-refractivity contribution in [3.05, 3.63) is 52.0 Å². The second-order valence-electron chi connectivity index (χ2n) is 4.02. The van der Waals surface area contributed by atoms with Crippen LogP contribution in [-0.2, 0) is 0 Å². The second kappa shape index (κ2) is 7.56. The van der Waals surface area contributed by atoms with Gasteiger partial charge in [-0.05, 0) is 30.3 Å². The maximum absolute atomic E-state index is 8.95. The maximum Gasteiger partial charge on any atom is 0.170 e. The molecule has 108 valence electrons. The number of alkyl halides is 1. The normalized spacial score (nSPS) is 10.0. The Balaban J connectivity index is 2.32. The van der Waals surface area contributed by atoms with E-state index in [1.807, 2.05) is 6.07 Å². The van der Waals surface area contributed by atoms with Crippen LogP contribution in [0.25, 0.3) is 0 Å². The molecular formula is C15H10BrCl2NO2. The van der Waals surface area contributed by atoms with Crippen LogP contribution in [0.4, 0.5) is 0 Å². The van der Waals surface area contributed by atoms with Crippen LogP contribution in [0.1, 0.15) is 5.56 Å². The molecule has 0 fully saturated rings. The lowest BCUT2D eigenvalue weighted by atomic mass is 10.2. The Kier molecular flexibility index (Phi) is 5.75. The molecule has 2 aromatic carbocycles. The van der Waals surface area contributed by atoms with Gasteiger partial charge in [0.25, 0.3) is 0 Å². The third kappa shape index (κ3) is 4.53. The Morgan fingerprint density at radius 1 is 1.05 bits per heavy atom. The molecule has 6 heteroatoms. The molecule has 0 aliphatic heterocycles. The average molecular weight is 387 g/mol. The van der Waals surface area contributed by atoms with Gasteiger partial charge in [-0.3, -0.25) is 0 Å². The third-order valence-electron chi connectivity index (χ3n) is 2.47. The standard InChI is InChI=1S/C15H10BrCl2NO2/c16-3-4-20-14-2-1-11(17)8-15(14)21-13-6-10(9-19)5-12(18)7-13/h1-2,5-8H,3-4H2. The van der Waals surface area contributed by atoms with Gasteiger partial charge in [-0.15, -0.1) is 0 Å². The van der Waals surface area contributed by atoms with Gasteiger partial charge in [0.1, 0.15) is 5.75 Å². The molecule has 0 amide bonds. The van der Waals surface area contributed by atoms with Crippen molar-refractivity contribution in [3.63, 3.8) is 0 Å². The van der Waals surface area contributed by atoms with Crippen LogP contribution >= 0.6 is 39.1 Å². The van der Waals surface area contributed by atoms with Gasteiger partial charge >= 0.3 is 0 Å². The minimum atomic E-state index is 0.419. The Morgan fingerprint density at radius 3 is 2.57 bits per heavy atom. The number of ether oxygens (including phenoxy) is 2. The summed E-state index contributed by atoms with van der Waals surface area (Å²) >= 11 is 15.2. The molecule has 2 aromatic rings. The van der Waals surface area contributed by atoms with Gasteiger partial charge in [-0.2, -0.15) is 5.26 Å². The molecule has 0 atom stereocenters. The highest BCUT2D eigenvalue weighted by Gasteiger charge is 2.09. The van der Waals surface area contributed by atoms with Crippen molar-refractivity contribution in [1.82, 2.24) is 0 Å². The highest BCUT2D eigenvalue weighted by molar-refractivity contribution is 9.09. The van der Waals surface area contributed by atoms with Crippen molar-refractivity contribution in [2.75, 3.05) is 11.9 Å². The average Bonchev–Trinajstić information content (AvgIpc) is 2.46. The number of benzene rings is 2.